The molecule has 0 N–H and O–H groups in total. The highest BCUT2D eigenvalue weighted by molar-refractivity contribution is 5.50. The van der Waals surface area contributed by atoms with E-state index < -0.39 is 25.4 Å². The van der Waals surface area contributed by atoms with E-state index in [0.717, 1.165) is 26.5 Å². The van der Waals surface area contributed by atoms with Gasteiger partial charge in [-0.05, 0) is 61.5 Å². The van der Waals surface area contributed by atoms with Gasteiger partial charge < -0.3 is 9.80 Å². The van der Waals surface area contributed by atoms with Crippen LogP contribution in [-0.2, 0) is 0 Å². The number of pyridine rings is 1. The minimum absolute atomic E-state index is 0.316. The van der Waals surface area contributed by atoms with Crippen molar-refractivity contribution in [3.05, 3.63) is 89.7 Å². The number of benzene rings is 2. The summed E-state index contributed by atoms with van der Waals surface area (Å²) in [4.78, 5) is 2.26. The van der Waals surface area contributed by atoms with Crippen molar-refractivity contribution >= 4 is 11.4 Å². The van der Waals surface area contributed by atoms with E-state index in [9.17, 15) is 26.3 Å². The molecule has 0 aliphatic heterocycles. The van der Waals surface area contributed by atoms with Crippen molar-refractivity contribution in [1.82, 2.24) is 0 Å². The maximum atomic E-state index is 12.7. The normalized spacial score (nSPS) is 12.2. The smallest absolute Gasteiger partial charge is 0.366 e. The Labute approximate surface area is 194 Å². The monoisotopic (exact) mass is 482 g/mol. The second-order valence-electron chi connectivity index (χ2n) is 8.36. The van der Waals surface area contributed by atoms with Crippen molar-refractivity contribution in [1.29, 1.82) is 0 Å². The molecular formula is C25H26F6N3+. The van der Waals surface area contributed by atoms with Crippen molar-refractivity contribution in [2.75, 3.05) is 37.0 Å². The van der Waals surface area contributed by atoms with Crippen LogP contribution in [0.4, 0.5) is 37.7 Å². The lowest BCUT2D eigenvalue weighted by Crippen LogP contribution is -2.40. The van der Waals surface area contributed by atoms with Crippen LogP contribution in [0, 0.1) is 6.92 Å². The van der Waals surface area contributed by atoms with Gasteiger partial charge in [-0.2, -0.15) is 30.9 Å². The maximum absolute atomic E-state index is 12.7. The maximum Gasteiger partial charge on any atom is 0.405 e. The third-order valence-corrected chi connectivity index (χ3v) is 5.40. The van der Waals surface area contributed by atoms with E-state index in [-0.39, 0.29) is 6.04 Å². The summed E-state index contributed by atoms with van der Waals surface area (Å²) in [5.41, 5.74) is 3.53. The number of hydrogen-bond donors (Lipinski definition) is 0. The number of anilines is 2. The van der Waals surface area contributed by atoms with Crippen molar-refractivity contribution in [3.8, 4) is 0 Å². The lowest BCUT2D eigenvalue weighted by atomic mass is 9.97. The fourth-order valence-electron chi connectivity index (χ4n) is 3.86. The third kappa shape index (κ3) is 6.88. The van der Waals surface area contributed by atoms with Crippen LogP contribution in [0.1, 0.15) is 22.7 Å². The van der Waals surface area contributed by atoms with Crippen molar-refractivity contribution < 1.29 is 30.9 Å². The Bertz CT molecular complexity index is 1010. The molecule has 1 aromatic heterocycles. The molecule has 9 heteroatoms. The quantitative estimate of drug-likeness (QED) is 0.306. The molecule has 2 aromatic carbocycles. The summed E-state index contributed by atoms with van der Waals surface area (Å²) >= 11 is 0. The van der Waals surface area contributed by atoms with Crippen LogP contribution in [0.15, 0.2) is 73.1 Å². The van der Waals surface area contributed by atoms with Gasteiger partial charge in [0.1, 0.15) is 13.1 Å². The summed E-state index contributed by atoms with van der Waals surface area (Å²) in [7, 11) is 2.76. The van der Waals surface area contributed by atoms with Crippen LogP contribution in [0.25, 0.3) is 0 Å². The number of rotatable bonds is 7. The Hall–Kier alpha value is -3.23. The zero-order valence-corrected chi connectivity index (χ0v) is 19.0. The average Bonchev–Trinajstić information content (AvgIpc) is 2.72. The second kappa shape index (κ2) is 9.95. The molecule has 0 fully saturated rings. The fourth-order valence-corrected chi connectivity index (χ4v) is 3.86. The van der Waals surface area contributed by atoms with Gasteiger partial charge in [0.05, 0.1) is 0 Å². The lowest BCUT2D eigenvalue weighted by Gasteiger charge is -2.22. The highest BCUT2D eigenvalue weighted by Gasteiger charge is 2.31. The molecule has 0 amide bonds. The molecule has 0 spiro atoms. The molecule has 0 aliphatic rings. The van der Waals surface area contributed by atoms with Gasteiger partial charge in [-0.25, -0.2) is 0 Å². The Morgan fingerprint density at radius 1 is 0.706 bits per heavy atom. The van der Waals surface area contributed by atoms with Crippen LogP contribution in [-0.4, -0.2) is 39.5 Å². The molecule has 1 heterocycles. The molecule has 3 rings (SSSR count). The Morgan fingerprint density at radius 3 is 1.47 bits per heavy atom. The van der Waals surface area contributed by atoms with Gasteiger partial charge in [0.25, 0.3) is 0 Å². The lowest BCUT2D eigenvalue weighted by molar-refractivity contribution is -0.705. The summed E-state index contributed by atoms with van der Waals surface area (Å²) in [6.45, 7) is -0.178. The molecule has 0 unspecified atom stereocenters. The van der Waals surface area contributed by atoms with Crippen LogP contribution in [0.5, 0.6) is 0 Å². The zero-order valence-electron chi connectivity index (χ0n) is 19.0. The molecule has 0 atom stereocenters. The zero-order chi connectivity index (χ0) is 25.1. The first-order valence-electron chi connectivity index (χ1n) is 10.6. The number of aryl methyl sites for hydroxylation is 1. The predicted octanol–water partition coefficient (Wildman–Crippen LogP) is 5.92. The highest BCUT2D eigenvalue weighted by Crippen LogP contribution is 2.28. The van der Waals surface area contributed by atoms with Gasteiger partial charge in [-0.1, -0.05) is 0 Å². The molecule has 0 radical (unpaired) electrons. The summed E-state index contributed by atoms with van der Waals surface area (Å²) in [6.07, 6.45) is -4.80. The molecule has 0 saturated heterocycles. The van der Waals surface area contributed by atoms with E-state index in [1.165, 1.54) is 14.1 Å². The molecule has 0 saturated carbocycles. The summed E-state index contributed by atoms with van der Waals surface area (Å²) < 4.78 is 78.5. The minimum Gasteiger partial charge on any atom is -0.366 e. The topological polar surface area (TPSA) is 10.4 Å². The number of hydrogen-bond acceptors (Lipinski definition) is 2. The van der Waals surface area contributed by atoms with Crippen molar-refractivity contribution in [2.45, 2.75) is 25.3 Å². The van der Waals surface area contributed by atoms with E-state index in [1.54, 1.807) is 48.5 Å². The molecule has 3 aromatic rings. The van der Waals surface area contributed by atoms with Crippen molar-refractivity contribution in [2.24, 2.45) is 0 Å². The first-order valence-corrected chi connectivity index (χ1v) is 10.6. The van der Waals surface area contributed by atoms with Crippen LogP contribution in [0.3, 0.4) is 0 Å². The molecule has 182 valence electrons. The first-order chi connectivity index (χ1) is 15.8. The Morgan fingerprint density at radius 2 is 1.12 bits per heavy atom. The van der Waals surface area contributed by atoms with Gasteiger partial charge in [0.2, 0.25) is 6.04 Å². The number of nitrogens with zero attached hydrogens (tertiary/aromatic N) is 3. The SMILES string of the molecule is Cc1ccc[n+](C(c2ccc(N(C)CC(F)(F)F)cc2)c2ccc(N(C)CC(F)(F)F)cc2)c1. The number of aromatic nitrogens is 1. The largest absolute Gasteiger partial charge is 0.405 e. The van der Waals surface area contributed by atoms with Crippen LogP contribution in [0.2, 0.25) is 0 Å². The summed E-state index contributed by atoms with van der Waals surface area (Å²) in [6, 6.07) is 17.1. The van der Waals surface area contributed by atoms with Gasteiger partial charge in [-0.3, -0.25) is 0 Å². The fraction of sp³-hybridized carbons (Fsp3) is 0.320. The van der Waals surface area contributed by atoms with Gasteiger partial charge in [0.15, 0.2) is 12.4 Å². The third-order valence-electron chi connectivity index (χ3n) is 5.40. The first kappa shape index (κ1) is 25.4. The summed E-state index contributed by atoms with van der Waals surface area (Å²) in [5, 5.41) is 0. The molecule has 34 heavy (non-hydrogen) atoms. The van der Waals surface area contributed by atoms with Crippen molar-refractivity contribution in [3.63, 3.8) is 0 Å². The molecule has 0 aliphatic carbocycles. The predicted molar refractivity (Wildman–Crippen MR) is 120 cm³/mol. The standard InChI is InChI=1S/C25H26F6N3/c1-18-5-4-14-34(15-18)23(19-6-10-21(11-7-19)32(2)16-24(26,27)28)20-8-12-22(13-9-20)33(3)17-25(29,30)31/h4-15,23H,16-17H2,1-3H3/q+1. The Balaban J connectivity index is 1.94. The van der Waals surface area contributed by atoms with E-state index in [0.29, 0.717) is 11.4 Å². The van der Waals surface area contributed by atoms with Crippen LogP contribution < -0.4 is 14.4 Å². The van der Waals surface area contributed by atoms with E-state index >= 15 is 0 Å². The van der Waals surface area contributed by atoms with E-state index in [4.69, 9.17) is 0 Å². The van der Waals surface area contributed by atoms with Gasteiger partial charge >= 0.3 is 12.4 Å². The van der Waals surface area contributed by atoms with E-state index in [1.807, 2.05) is 36.0 Å². The number of halogens is 6. The Kier molecular flexibility index (Phi) is 7.43. The number of alkyl halides is 6. The molecule has 3 nitrogen and oxygen atoms in total. The van der Waals surface area contributed by atoms with Crippen LogP contribution >= 0.6 is 0 Å². The molecule has 0 bridgehead atoms. The minimum atomic E-state index is -4.31. The second-order valence-corrected chi connectivity index (χ2v) is 8.36. The highest BCUT2D eigenvalue weighted by atomic mass is 19.4. The van der Waals surface area contributed by atoms with Gasteiger partial charge in [0, 0.05) is 48.2 Å². The molecular weight excluding hydrogens is 456 g/mol. The van der Waals surface area contributed by atoms with E-state index in [2.05, 4.69) is 0 Å². The van der Waals surface area contributed by atoms with Gasteiger partial charge in [-0.15, -0.1) is 0 Å². The average molecular weight is 482 g/mol. The summed E-state index contributed by atoms with van der Waals surface area (Å²) in [5.74, 6) is 0.